The molecule has 4 nitrogen and oxygen atoms in total. The fraction of sp³-hybridized carbons (Fsp3) is 0.333. The summed E-state index contributed by atoms with van der Waals surface area (Å²) in [7, 11) is 0. The molecule has 7 heteroatoms. The Morgan fingerprint density at radius 1 is 1.53 bits per heavy atom. The second kappa shape index (κ2) is 7.35. The van der Waals surface area contributed by atoms with Gasteiger partial charge in [0, 0.05) is 5.02 Å². The van der Waals surface area contributed by atoms with Gasteiger partial charge in [0.2, 0.25) is 0 Å². The minimum atomic E-state index is -1.15. The second-order valence-electron chi connectivity index (χ2n) is 3.77. The Kier molecular flexibility index (Phi) is 6.11. The smallest absolute Gasteiger partial charge is 0.326 e. The molecule has 0 fully saturated rings. The van der Waals surface area contributed by atoms with E-state index in [4.69, 9.17) is 16.7 Å². The van der Waals surface area contributed by atoms with E-state index in [-0.39, 0.29) is 17.0 Å². The van der Waals surface area contributed by atoms with E-state index in [2.05, 4.69) is 5.32 Å². The largest absolute Gasteiger partial charge is 0.480 e. The quantitative estimate of drug-likeness (QED) is 0.847. The number of nitrogens with one attached hydrogen (secondary N) is 1. The van der Waals surface area contributed by atoms with Crippen molar-refractivity contribution in [3.05, 3.63) is 34.6 Å². The van der Waals surface area contributed by atoms with E-state index in [0.717, 1.165) is 6.07 Å². The van der Waals surface area contributed by atoms with Gasteiger partial charge in [-0.05, 0) is 36.6 Å². The molecule has 19 heavy (non-hydrogen) atoms. The number of hydrogen-bond acceptors (Lipinski definition) is 3. The number of halogens is 2. The van der Waals surface area contributed by atoms with Gasteiger partial charge in [0.25, 0.3) is 5.91 Å². The van der Waals surface area contributed by atoms with Crippen molar-refractivity contribution in [1.29, 1.82) is 0 Å². The van der Waals surface area contributed by atoms with Crippen molar-refractivity contribution in [3.8, 4) is 0 Å². The van der Waals surface area contributed by atoms with Crippen molar-refractivity contribution < 1.29 is 19.1 Å². The third kappa shape index (κ3) is 4.72. The number of hydrogen-bond donors (Lipinski definition) is 2. The molecule has 0 aliphatic carbocycles. The molecule has 1 atom stereocenters. The van der Waals surface area contributed by atoms with Crippen molar-refractivity contribution in [1.82, 2.24) is 5.32 Å². The summed E-state index contributed by atoms with van der Waals surface area (Å²) in [5, 5.41) is 11.5. The van der Waals surface area contributed by atoms with E-state index in [1.807, 2.05) is 6.26 Å². The predicted octanol–water partition coefficient (Wildman–Crippen LogP) is 2.42. The Balaban J connectivity index is 2.81. The Morgan fingerprint density at radius 3 is 2.79 bits per heavy atom. The van der Waals surface area contributed by atoms with Crippen molar-refractivity contribution >= 4 is 35.2 Å². The van der Waals surface area contributed by atoms with Crippen LogP contribution in [0.15, 0.2) is 18.2 Å². The van der Waals surface area contributed by atoms with E-state index in [9.17, 15) is 14.0 Å². The molecular weight excluding hydrogens is 293 g/mol. The van der Waals surface area contributed by atoms with Crippen LogP contribution in [-0.4, -0.2) is 35.0 Å². The van der Waals surface area contributed by atoms with Crippen LogP contribution in [-0.2, 0) is 4.79 Å². The number of amides is 1. The van der Waals surface area contributed by atoms with Crippen LogP contribution in [0.1, 0.15) is 16.8 Å². The van der Waals surface area contributed by atoms with Gasteiger partial charge < -0.3 is 10.4 Å². The summed E-state index contributed by atoms with van der Waals surface area (Å²) in [4.78, 5) is 22.8. The number of aliphatic carboxylic acids is 1. The third-order valence-electron chi connectivity index (χ3n) is 2.39. The SMILES string of the molecule is CSCC[C@@H](NC(=O)c1cc(Cl)ccc1F)C(=O)O. The molecular formula is C12H13ClFNO3S. The van der Waals surface area contributed by atoms with Gasteiger partial charge in [-0.3, -0.25) is 4.79 Å². The maximum Gasteiger partial charge on any atom is 0.326 e. The number of rotatable bonds is 6. The average molecular weight is 306 g/mol. The van der Waals surface area contributed by atoms with Crippen LogP contribution in [0, 0.1) is 5.82 Å². The van der Waals surface area contributed by atoms with Gasteiger partial charge in [-0.1, -0.05) is 11.6 Å². The lowest BCUT2D eigenvalue weighted by Crippen LogP contribution is -2.41. The van der Waals surface area contributed by atoms with Crippen molar-refractivity contribution in [2.24, 2.45) is 0 Å². The molecule has 104 valence electrons. The first kappa shape index (κ1) is 15.8. The number of thioether (sulfide) groups is 1. The number of carboxylic acid groups (broad SMARTS) is 1. The Morgan fingerprint density at radius 2 is 2.21 bits per heavy atom. The Labute approximate surface area is 119 Å². The van der Waals surface area contributed by atoms with Crippen molar-refractivity contribution in [2.75, 3.05) is 12.0 Å². The van der Waals surface area contributed by atoms with Crippen LogP contribution in [0.4, 0.5) is 4.39 Å². The molecule has 0 unspecified atom stereocenters. The van der Waals surface area contributed by atoms with Crippen molar-refractivity contribution in [2.45, 2.75) is 12.5 Å². The van der Waals surface area contributed by atoms with Crippen LogP contribution in [0.3, 0.4) is 0 Å². The highest BCUT2D eigenvalue weighted by Crippen LogP contribution is 2.15. The number of carbonyl (C=O) groups excluding carboxylic acids is 1. The summed E-state index contributed by atoms with van der Waals surface area (Å²) in [5.41, 5.74) is -0.261. The first-order valence-corrected chi connectivity index (χ1v) is 7.20. The predicted molar refractivity (Wildman–Crippen MR) is 73.3 cm³/mol. The normalized spacial score (nSPS) is 11.9. The third-order valence-corrected chi connectivity index (χ3v) is 3.27. The molecule has 0 aliphatic heterocycles. The highest BCUT2D eigenvalue weighted by atomic mass is 35.5. The van der Waals surface area contributed by atoms with E-state index in [1.54, 1.807) is 0 Å². The molecule has 0 aromatic heterocycles. The van der Waals surface area contributed by atoms with Crippen LogP contribution in [0.5, 0.6) is 0 Å². The number of carboxylic acids is 1. The molecule has 1 aromatic carbocycles. The summed E-state index contributed by atoms with van der Waals surface area (Å²) in [6.07, 6.45) is 2.10. The molecule has 0 bridgehead atoms. The monoisotopic (exact) mass is 305 g/mol. The van der Waals surface area contributed by atoms with E-state index in [1.165, 1.54) is 23.9 Å². The zero-order valence-electron chi connectivity index (χ0n) is 10.2. The number of carbonyl (C=O) groups is 2. The zero-order valence-corrected chi connectivity index (χ0v) is 11.7. The first-order chi connectivity index (χ1) is 8.95. The molecule has 1 rings (SSSR count). The van der Waals surface area contributed by atoms with Gasteiger partial charge >= 0.3 is 5.97 Å². The van der Waals surface area contributed by atoms with Crippen molar-refractivity contribution in [3.63, 3.8) is 0 Å². The standard InChI is InChI=1S/C12H13ClFNO3S/c1-19-5-4-10(12(17)18)15-11(16)8-6-7(13)2-3-9(8)14/h2-3,6,10H,4-5H2,1H3,(H,15,16)(H,17,18)/t10-/m1/s1. The molecule has 0 aliphatic rings. The molecule has 0 radical (unpaired) electrons. The van der Waals surface area contributed by atoms with E-state index >= 15 is 0 Å². The van der Waals surface area contributed by atoms with E-state index < -0.39 is 23.7 Å². The molecule has 0 saturated heterocycles. The summed E-state index contributed by atoms with van der Waals surface area (Å²) in [6, 6.07) is 2.50. The average Bonchev–Trinajstić information content (AvgIpc) is 2.36. The summed E-state index contributed by atoms with van der Waals surface area (Å²) < 4.78 is 13.5. The molecule has 0 spiro atoms. The summed E-state index contributed by atoms with van der Waals surface area (Å²) >= 11 is 7.14. The fourth-order valence-corrected chi connectivity index (χ4v) is 2.04. The van der Waals surface area contributed by atoms with Gasteiger partial charge in [-0.15, -0.1) is 0 Å². The fourth-order valence-electron chi connectivity index (χ4n) is 1.40. The summed E-state index contributed by atoms with van der Waals surface area (Å²) in [5.74, 6) is -2.09. The van der Waals surface area contributed by atoms with Gasteiger partial charge in [-0.25, -0.2) is 9.18 Å². The van der Waals surface area contributed by atoms with Gasteiger partial charge in [0.15, 0.2) is 0 Å². The van der Waals surface area contributed by atoms with Crippen LogP contribution in [0.25, 0.3) is 0 Å². The van der Waals surface area contributed by atoms with Crippen LogP contribution in [0.2, 0.25) is 5.02 Å². The molecule has 2 N–H and O–H groups in total. The Bertz CT molecular complexity index is 484. The van der Waals surface area contributed by atoms with Gasteiger partial charge in [0.05, 0.1) is 5.56 Å². The molecule has 1 amide bonds. The van der Waals surface area contributed by atoms with Gasteiger partial charge in [-0.2, -0.15) is 11.8 Å². The van der Waals surface area contributed by atoms with Crippen LogP contribution < -0.4 is 5.32 Å². The number of benzene rings is 1. The maximum atomic E-state index is 13.5. The van der Waals surface area contributed by atoms with Crippen LogP contribution >= 0.6 is 23.4 Å². The lowest BCUT2D eigenvalue weighted by atomic mass is 10.1. The second-order valence-corrected chi connectivity index (χ2v) is 5.19. The molecule has 0 heterocycles. The molecule has 0 saturated carbocycles. The minimum Gasteiger partial charge on any atom is -0.480 e. The highest BCUT2D eigenvalue weighted by Gasteiger charge is 2.21. The lowest BCUT2D eigenvalue weighted by molar-refractivity contribution is -0.139. The summed E-state index contributed by atoms with van der Waals surface area (Å²) in [6.45, 7) is 0. The maximum absolute atomic E-state index is 13.5. The Hall–Kier alpha value is -1.27. The first-order valence-electron chi connectivity index (χ1n) is 5.43. The lowest BCUT2D eigenvalue weighted by Gasteiger charge is -2.14. The topological polar surface area (TPSA) is 66.4 Å². The highest BCUT2D eigenvalue weighted by molar-refractivity contribution is 7.98. The van der Waals surface area contributed by atoms with E-state index in [0.29, 0.717) is 5.75 Å². The van der Waals surface area contributed by atoms with Gasteiger partial charge in [0.1, 0.15) is 11.9 Å². The molecule has 1 aromatic rings. The minimum absolute atomic E-state index is 0.211. The zero-order chi connectivity index (χ0) is 14.4.